The molecule has 112 valence electrons. The number of allylic oxidation sites excluding steroid dienone is 2. The summed E-state index contributed by atoms with van der Waals surface area (Å²) in [6, 6.07) is 0. The van der Waals surface area contributed by atoms with Crippen molar-refractivity contribution in [3.8, 4) is 0 Å². The van der Waals surface area contributed by atoms with Gasteiger partial charge in [0.05, 0.1) is 5.92 Å². The van der Waals surface area contributed by atoms with Crippen LogP contribution in [-0.4, -0.2) is 15.0 Å². The summed E-state index contributed by atoms with van der Waals surface area (Å²) in [7, 11) is 0. The highest BCUT2D eigenvalue weighted by atomic mass is 32.1. The van der Waals surface area contributed by atoms with Crippen LogP contribution in [0.1, 0.15) is 57.6 Å². The van der Waals surface area contributed by atoms with Crippen LogP contribution in [0.3, 0.4) is 0 Å². The predicted octanol–water partition coefficient (Wildman–Crippen LogP) is 4.30. The van der Waals surface area contributed by atoms with E-state index in [1.54, 1.807) is 0 Å². The van der Waals surface area contributed by atoms with E-state index in [0.29, 0.717) is 5.92 Å². The Balaban J connectivity index is 1.89. The van der Waals surface area contributed by atoms with Crippen molar-refractivity contribution in [1.29, 1.82) is 0 Å². The molecule has 2 aliphatic rings. The van der Waals surface area contributed by atoms with Crippen molar-refractivity contribution in [1.82, 2.24) is 15.0 Å². The molecular weight excluding hydrogens is 290 g/mol. The second-order valence-corrected chi connectivity index (χ2v) is 7.28. The fourth-order valence-electron chi connectivity index (χ4n) is 3.44. The first kappa shape index (κ1) is 13.8. The van der Waals surface area contributed by atoms with Gasteiger partial charge in [0.15, 0.2) is 0 Å². The van der Waals surface area contributed by atoms with Crippen LogP contribution in [0.5, 0.6) is 0 Å². The molecule has 2 heterocycles. The van der Waals surface area contributed by atoms with Gasteiger partial charge in [-0.2, -0.15) is 0 Å². The molecule has 0 radical (unpaired) electrons. The van der Waals surface area contributed by atoms with Crippen molar-refractivity contribution >= 4 is 23.5 Å². The highest BCUT2D eigenvalue weighted by molar-refractivity contribution is 7.12. The lowest BCUT2D eigenvalue weighted by Crippen LogP contribution is -2.17. The van der Waals surface area contributed by atoms with Gasteiger partial charge in [-0.15, -0.1) is 11.3 Å². The van der Waals surface area contributed by atoms with E-state index >= 15 is 0 Å². The van der Waals surface area contributed by atoms with Crippen LogP contribution in [0.25, 0.3) is 12.2 Å². The Morgan fingerprint density at radius 2 is 1.82 bits per heavy atom. The van der Waals surface area contributed by atoms with Crippen molar-refractivity contribution in [3.63, 3.8) is 0 Å². The maximum absolute atomic E-state index is 4.65. The average Bonchev–Trinajstić information content (AvgIpc) is 2.84. The minimum atomic E-state index is 0.254. The second-order valence-electron chi connectivity index (χ2n) is 6.14. The largest absolute Gasteiger partial charge is 0.219 e. The molecule has 2 atom stereocenters. The molecule has 0 bridgehead atoms. The first-order chi connectivity index (χ1) is 10.6. The summed E-state index contributed by atoms with van der Waals surface area (Å²) >= 11 is 1.95. The van der Waals surface area contributed by atoms with Crippen molar-refractivity contribution in [2.45, 2.75) is 39.5 Å². The van der Waals surface area contributed by atoms with E-state index < -0.39 is 0 Å². The molecule has 3 nitrogen and oxygen atoms in total. The van der Waals surface area contributed by atoms with Crippen molar-refractivity contribution in [2.75, 3.05) is 0 Å². The van der Waals surface area contributed by atoms with E-state index in [2.05, 4.69) is 46.2 Å². The lowest BCUT2D eigenvalue weighted by molar-refractivity contribution is 0.585. The monoisotopic (exact) mass is 309 g/mol. The van der Waals surface area contributed by atoms with Gasteiger partial charge >= 0.3 is 0 Å². The molecule has 0 aromatic carbocycles. The zero-order valence-electron chi connectivity index (χ0n) is 13.1. The van der Waals surface area contributed by atoms with Gasteiger partial charge in [0, 0.05) is 9.75 Å². The summed E-state index contributed by atoms with van der Waals surface area (Å²) in [6.07, 6.45) is 11.5. The minimum absolute atomic E-state index is 0.254. The molecule has 0 aliphatic heterocycles. The molecule has 22 heavy (non-hydrogen) atoms. The molecular formula is C18H19N3S. The number of aryl methyl sites for hydroxylation is 3. The zero-order chi connectivity index (χ0) is 15.3. The predicted molar refractivity (Wildman–Crippen MR) is 91.0 cm³/mol. The van der Waals surface area contributed by atoms with Crippen LogP contribution in [0.2, 0.25) is 0 Å². The molecule has 0 N–H and O–H groups in total. The minimum Gasteiger partial charge on any atom is -0.219 e. The van der Waals surface area contributed by atoms with Gasteiger partial charge in [-0.3, -0.25) is 0 Å². The number of nitrogens with zero attached hydrogens (tertiary/aromatic N) is 3. The quantitative estimate of drug-likeness (QED) is 0.788. The number of rotatable bonds is 1. The van der Waals surface area contributed by atoms with Gasteiger partial charge in [-0.25, -0.2) is 15.0 Å². The maximum Gasteiger partial charge on any atom is 0.141 e. The number of aromatic nitrogens is 3. The summed E-state index contributed by atoms with van der Waals surface area (Å²) in [5, 5.41) is 0. The van der Waals surface area contributed by atoms with Gasteiger partial charge in [-0.05, 0) is 43.7 Å². The standard InChI is InChI=1S/C18H19N3S/c1-10-8-9-14-13-6-4-5-7-15(13)22-17(14)16(10)18-20-11(2)19-12(3)21-18/h4,6,8-10,16H,5,7H2,1-3H3. The van der Waals surface area contributed by atoms with E-state index in [1.807, 2.05) is 25.2 Å². The SMILES string of the molecule is Cc1nc(C)nc(C2c3sc4c(c3C=CC2C)C=CCC4)n1. The normalized spacial score (nSPS) is 22.5. The summed E-state index contributed by atoms with van der Waals surface area (Å²) in [5.41, 5.74) is 2.80. The Bertz CT molecular complexity index is 781. The Kier molecular flexibility index (Phi) is 3.22. The fraction of sp³-hybridized carbons (Fsp3) is 0.389. The van der Waals surface area contributed by atoms with E-state index in [9.17, 15) is 0 Å². The molecule has 2 aromatic heterocycles. The van der Waals surface area contributed by atoms with E-state index in [4.69, 9.17) is 0 Å². The molecule has 2 aromatic rings. The van der Waals surface area contributed by atoms with Gasteiger partial charge in [0.2, 0.25) is 0 Å². The Morgan fingerprint density at radius 1 is 1.05 bits per heavy atom. The van der Waals surface area contributed by atoms with Crippen LogP contribution >= 0.6 is 11.3 Å². The maximum atomic E-state index is 4.65. The van der Waals surface area contributed by atoms with Crippen LogP contribution in [0.4, 0.5) is 0 Å². The smallest absolute Gasteiger partial charge is 0.141 e. The summed E-state index contributed by atoms with van der Waals surface area (Å²) < 4.78 is 0. The lowest BCUT2D eigenvalue weighted by Gasteiger charge is -2.24. The molecule has 2 aliphatic carbocycles. The first-order valence-electron chi connectivity index (χ1n) is 7.83. The fourth-order valence-corrected chi connectivity index (χ4v) is 4.95. The number of hydrogen-bond donors (Lipinski definition) is 0. The third-order valence-electron chi connectivity index (χ3n) is 4.44. The van der Waals surface area contributed by atoms with E-state index in [-0.39, 0.29) is 5.92 Å². The number of thiophene rings is 1. The van der Waals surface area contributed by atoms with Crippen molar-refractivity contribution in [3.05, 3.63) is 50.5 Å². The Morgan fingerprint density at radius 3 is 2.59 bits per heavy atom. The molecule has 0 saturated carbocycles. The molecule has 4 heteroatoms. The van der Waals surface area contributed by atoms with Crippen LogP contribution in [-0.2, 0) is 6.42 Å². The van der Waals surface area contributed by atoms with Gasteiger partial charge < -0.3 is 0 Å². The second kappa shape index (κ2) is 5.13. The first-order valence-corrected chi connectivity index (χ1v) is 8.64. The van der Waals surface area contributed by atoms with Crippen LogP contribution in [0, 0.1) is 19.8 Å². The van der Waals surface area contributed by atoms with Crippen molar-refractivity contribution in [2.24, 2.45) is 5.92 Å². The summed E-state index contributed by atoms with van der Waals surface area (Å²) in [4.78, 5) is 16.6. The number of fused-ring (bicyclic) bond motifs is 3. The number of hydrogen-bond acceptors (Lipinski definition) is 4. The molecule has 0 spiro atoms. The van der Waals surface area contributed by atoms with Gasteiger partial charge in [0.1, 0.15) is 17.5 Å². The average molecular weight is 309 g/mol. The van der Waals surface area contributed by atoms with E-state index in [0.717, 1.165) is 30.3 Å². The molecule has 4 rings (SSSR count). The van der Waals surface area contributed by atoms with Crippen LogP contribution < -0.4 is 0 Å². The summed E-state index contributed by atoms with van der Waals surface area (Å²) in [6.45, 7) is 6.16. The Labute approximate surface area is 134 Å². The van der Waals surface area contributed by atoms with Gasteiger partial charge in [0.25, 0.3) is 0 Å². The third kappa shape index (κ3) is 2.13. The molecule has 2 unspecified atom stereocenters. The highest BCUT2D eigenvalue weighted by Gasteiger charge is 2.32. The highest BCUT2D eigenvalue weighted by Crippen LogP contribution is 2.46. The van der Waals surface area contributed by atoms with Crippen LogP contribution in [0.15, 0.2) is 12.2 Å². The third-order valence-corrected chi connectivity index (χ3v) is 5.81. The lowest BCUT2D eigenvalue weighted by atomic mass is 9.83. The van der Waals surface area contributed by atoms with Gasteiger partial charge in [-0.1, -0.05) is 31.2 Å². The van der Waals surface area contributed by atoms with Crippen molar-refractivity contribution < 1.29 is 0 Å². The van der Waals surface area contributed by atoms with E-state index in [1.165, 1.54) is 20.9 Å². The molecule has 0 saturated heterocycles. The molecule has 0 amide bonds. The topological polar surface area (TPSA) is 38.7 Å². The molecule has 0 fully saturated rings. The Hall–Kier alpha value is -1.81. The summed E-state index contributed by atoms with van der Waals surface area (Å²) in [5.74, 6) is 3.21. The zero-order valence-corrected chi connectivity index (χ0v) is 13.9.